The summed E-state index contributed by atoms with van der Waals surface area (Å²) in [5.41, 5.74) is 1.36. The molecule has 0 aliphatic rings. The third-order valence-electron chi connectivity index (χ3n) is 2.86. The Bertz CT molecular complexity index is 480. The molecule has 0 fully saturated rings. The highest BCUT2D eigenvalue weighted by Gasteiger charge is 2.11. The Labute approximate surface area is 120 Å². The maximum atomic E-state index is 11.6. The first kappa shape index (κ1) is 16.2. The smallest absolute Gasteiger partial charge is 0.246 e. The van der Waals surface area contributed by atoms with Gasteiger partial charge < -0.3 is 15.2 Å². The van der Waals surface area contributed by atoms with E-state index in [1.54, 1.807) is 26.0 Å². The van der Waals surface area contributed by atoms with E-state index < -0.39 is 6.10 Å². The fourth-order valence-electron chi connectivity index (χ4n) is 1.65. The van der Waals surface area contributed by atoms with E-state index >= 15 is 0 Å². The molecule has 0 spiro atoms. The lowest BCUT2D eigenvalue weighted by Crippen LogP contribution is -2.28. The number of rotatable bonds is 6. The van der Waals surface area contributed by atoms with Crippen molar-refractivity contribution in [1.82, 2.24) is 5.32 Å². The van der Waals surface area contributed by atoms with Crippen LogP contribution in [0.25, 0.3) is 0 Å². The number of amides is 1. The molecule has 0 radical (unpaired) electrons. The molecule has 0 aromatic heterocycles. The summed E-state index contributed by atoms with van der Waals surface area (Å²) in [5, 5.41) is 12.8. The quantitative estimate of drug-likeness (QED) is 0.786. The zero-order chi connectivity index (χ0) is 15.1. The summed E-state index contributed by atoms with van der Waals surface area (Å²) in [6.45, 7) is 7.61. The normalized spacial score (nSPS) is 13.2. The molecule has 1 rings (SSSR count). The summed E-state index contributed by atoms with van der Waals surface area (Å²) in [7, 11) is 0. The summed E-state index contributed by atoms with van der Waals surface area (Å²) in [6.07, 6.45) is 1.07. The molecule has 0 bridgehead atoms. The second-order valence-corrected chi connectivity index (χ2v) is 4.94. The van der Waals surface area contributed by atoms with Gasteiger partial charge in [0.05, 0.1) is 12.2 Å². The Balaban J connectivity index is 2.63. The monoisotopic (exact) mass is 277 g/mol. The number of hydrogen-bond donors (Lipinski definition) is 2. The number of aliphatic hydroxyl groups excluding tert-OH is 1. The van der Waals surface area contributed by atoms with E-state index in [-0.39, 0.29) is 18.6 Å². The van der Waals surface area contributed by atoms with Gasteiger partial charge in [0, 0.05) is 12.1 Å². The minimum Gasteiger partial charge on any atom is -0.491 e. The summed E-state index contributed by atoms with van der Waals surface area (Å²) in [6, 6.07) is 7.28. The highest BCUT2D eigenvalue weighted by molar-refractivity contribution is 5.92. The van der Waals surface area contributed by atoms with Gasteiger partial charge >= 0.3 is 0 Å². The molecule has 4 nitrogen and oxygen atoms in total. The Morgan fingerprint density at radius 1 is 1.45 bits per heavy atom. The van der Waals surface area contributed by atoms with Crippen molar-refractivity contribution in [2.75, 3.05) is 6.54 Å². The Morgan fingerprint density at radius 2 is 2.15 bits per heavy atom. The van der Waals surface area contributed by atoms with E-state index in [2.05, 4.69) is 5.32 Å². The summed E-state index contributed by atoms with van der Waals surface area (Å²) >= 11 is 0. The highest BCUT2D eigenvalue weighted by atomic mass is 16.5. The van der Waals surface area contributed by atoms with Crippen LogP contribution in [0.5, 0.6) is 5.75 Å². The van der Waals surface area contributed by atoms with Crippen LogP contribution in [-0.2, 0) is 4.79 Å². The van der Waals surface area contributed by atoms with Gasteiger partial charge in [0.25, 0.3) is 0 Å². The summed E-state index contributed by atoms with van der Waals surface area (Å²) in [5.74, 6) is 0.550. The van der Waals surface area contributed by atoms with Gasteiger partial charge in [-0.1, -0.05) is 18.2 Å². The van der Waals surface area contributed by atoms with Gasteiger partial charge in [0.1, 0.15) is 5.75 Å². The lowest BCUT2D eigenvalue weighted by Gasteiger charge is -2.15. The van der Waals surface area contributed by atoms with Gasteiger partial charge in [-0.15, -0.1) is 0 Å². The number of carbonyl (C=O) groups is 1. The average Bonchev–Trinajstić information content (AvgIpc) is 2.43. The largest absolute Gasteiger partial charge is 0.491 e. The van der Waals surface area contributed by atoms with Crippen LogP contribution in [0.4, 0.5) is 0 Å². The van der Waals surface area contributed by atoms with Crippen LogP contribution < -0.4 is 10.1 Å². The molecule has 110 valence electrons. The number of hydrogen-bond acceptors (Lipinski definition) is 3. The van der Waals surface area contributed by atoms with E-state index in [1.165, 1.54) is 0 Å². The first-order chi connectivity index (χ1) is 9.43. The molecule has 2 N–H and O–H groups in total. The second-order valence-electron chi connectivity index (χ2n) is 4.94. The van der Waals surface area contributed by atoms with E-state index in [4.69, 9.17) is 4.74 Å². The number of carbonyl (C=O) groups excluding carboxylic acids is 1. The van der Waals surface area contributed by atoms with Gasteiger partial charge in [-0.25, -0.2) is 0 Å². The standard InChI is InChI=1S/C16H23NO3/c1-5-12(4)16(19)17-10-15(18)13-7-6-8-14(9-13)20-11(2)3/h5-9,11,15,18H,10H2,1-4H3,(H,17,19)/b12-5-. The molecule has 1 atom stereocenters. The molecular weight excluding hydrogens is 254 g/mol. The molecule has 0 aliphatic heterocycles. The Morgan fingerprint density at radius 3 is 2.75 bits per heavy atom. The van der Waals surface area contributed by atoms with Crippen molar-refractivity contribution in [1.29, 1.82) is 0 Å². The number of nitrogens with one attached hydrogen (secondary N) is 1. The van der Waals surface area contributed by atoms with Crippen molar-refractivity contribution in [2.45, 2.75) is 39.9 Å². The van der Waals surface area contributed by atoms with Gasteiger partial charge in [0.15, 0.2) is 0 Å². The Kier molecular flexibility index (Phi) is 6.25. The molecule has 1 aromatic rings. The number of aliphatic hydroxyl groups is 1. The Hall–Kier alpha value is -1.81. The predicted octanol–water partition coefficient (Wildman–Crippen LogP) is 2.59. The molecule has 1 aromatic carbocycles. The zero-order valence-electron chi connectivity index (χ0n) is 12.5. The van der Waals surface area contributed by atoms with E-state index in [0.29, 0.717) is 11.3 Å². The van der Waals surface area contributed by atoms with Gasteiger partial charge in [-0.2, -0.15) is 0 Å². The van der Waals surface area contributed by atoms with Crippen molar-refractivity contribution in [3.63, 3.8) is 0 Å². The van der Waals surface area contributed by atoms with Gasteiger partial charge in [-0.05, 0) is 45.4 Å². The fraction of sp³-hybridized carbons (Fsp3) is 0.438. The average molecular weight is 277 g/mol. The van der Waals surface area contributed by atoms with Crippen molar-refractivity contribution in [3.8, 4) is 5.75 Å². The molecule has 1 amide bonds. The lowest BCUT2D eigenvalue weighted by atomic mass is 10.1. The molecule has 0 saturated heterocycles. The van der Waals surface area contributed by atoms with Crippen molar-refractivity contribution < 1.29 is 14.6 Å². The highest BCUT2D eigenvalue weighted by Crippen LogP contribution is 2.19. The van der Waals surface area contributed by atoms with Crippen LogP contribution in [0.15, 0.2) is 35.9 Å². The first-order valence-electron chi connectivity index (χ1n) is 6.79. The molecule has 0 aliphatic carbocycles. The minimum absolute atomic E-state index is 0.0828. The molecule has 20 heavy (non-hydrogen) atoms. The maximum absolute atomic E-state index is 11.6. The van der Waals surface area contributed by atoms with Crippen LogP contribution in [0, 0.1) is 0 Å². The fourth-order valence-corrected chi connectivity index (χ4v) is 1.65. The van der Waals surface area contributed by atoms with E-state index in [1.807, 2.05) is 32.0 Å². The molecule has 0 saturated carbocycles. The van der Waals surface area contributed by atoms with Gasteiger partial charge in [-0.3, -0.25) is 4.79 Å². The third-order valence-corrected chi connectivity index (χ3v) is 2.86. The molecule has 0 heterocycles. The second kappa shape index (κ2) is 7.70. The zero-order valence-corrected chi connectivity index (χ0v) is 12.5. The van der Waals surface area contributed by atoms with Gasteiger partial charge in [0.2, 0.25) is 5.91 Å². The van der Waals surface area contributed by atoms with Crippen LogP contribution >= 0.6 is 0 Å². The topological polar surface area (TPSA) is 58.6 Å². The summed E-state index contributed by atoms with van der Waals surface area (Å²) < 4.78 is 5.58. The SMILES string of the molecule is C/C=C(/C)C(=O)NCC(O)c1cccc(OC(C)C)c1. The first-order valence-corrected chi connectivity index (χ1v) is 6.79. The summed E-state index contributed by atoms with van der Waals surface area (Å²) in [4.78, 5) is 11.6. The number of benzene rings is 1. The van der Waals surface area contributed by atoms with Crippen molar-refractivity contribution >= 4 is 5.91 Å². The number of allylic oxidation sites excluding steroid dienone is 1. The lowest BCUT2D eigenvalue weighted by molar-refractivity contribution is -0.117. The van der Waals surface area contributed by atoms with Crippen LogP contribution in [0.1, 0.15) is 39.4 Å². The van der Waals surface area contributed by atoms with E-state index in [0.717, 1.165) is 5.56 Å². The maximum Gasteiger partial charge on any atom is 0.246 e. The minimum atomic E-state index is -0.751. The molecular formula is C16H23NO3. The van der Waals surface area contributed by atoms with Crippen LogP contribution in [0.2, 0.25) is 0 Å². The predicted molar refractivity (Wildman–Crippen MR) is 79.6 cm³/mol. The molecule has 1 unspecified atom stereocenters. The van der Waals surface area contributed by atoms with Crippen molar-refractivity contribution in [3.05, 3.63) is 41.5 Å². The molecule has 4 heteroatoms. The number of ether oxygens (including phenoxy) is 1. The third kappa shape index (κ3) is 5.05. The van der Waals surface area contributed by atoms with Crippen LogP contribution in [-0.4, -0.2) is 23.7 Å². The van der Waals surface area contributed by atoms with Crippen LogP contribution in [0.3, 0.4) is 0 Å². The van der Waals surface area contributed by atoms with Crippen molar-refractivity contribution in [2.24, 2.45) is 0 Å². The van der Waals surface area contributed by atoms with E-state index in [9.17, 15) is 9.90 Å².